The molecule has 0 aromatic carbocycles. The molecule has 2 N–H and O–H groups in total. The van der Waals surface area contributed by atoms with E-state index in [0.717, 1.165) is 56.5 Å². The summed E-state index contributed by atoms with van der Waals surface area (Å²) in [6.45, 7) is 16.0. The summed E-state index contributed by atoms with van der Waals surface area (Å²) in [5, 5.41) is 6.93. The highest BCUT2D eigenvalue weighted by Crippen LogP contribution is 2.17. The molecular formula is C24H44N6. The van der Waals surface area contributed by atoms with Gasteiger partial charge < -0.3 is 20.4 Å². The zero-order valence-electron chi connectivity index (χ0n) is 19.8. The molecule has 1 aliphatic rings. The van der Waals surface area contributed by atoms with Gasteiger partial charge in [0.1, 0.15) is 5.82 Å². The van der Waals surface area contributed by atoms with Gasteiger partial charge in [0.05, 0.1) is 6.54 Å². The molecule has 1 aliphatic heterocycles. The fraction of sp³-hybridized carbons (Fsp3) is 0.750. The van der Waals surface area contributed by atoms with Crippen LogP contribution in [-0.2, 0) is 6.54 Å². The minimum absolute atomic E-state index is 0.405. The molecule has 6 nitrogen and oxygen atoms in total. The Hall–Kier alpha value is -1.82. The monoisotopic (exact) mass is 416 g/mol. The molecule has 2 heterocycles. The Kier molecular flexibility index (Phi) is 11.6. The predicted molar refractivity (Wildman–Crippen MR) is 129 cm³/mol. The van der Waals surface area contributed by atoms with Crippen molar-refractivity contribution >= 4 is 11.8 Å². The van der Waals surface area contributed by atoms with Crippen molar-refractivity contribution in [1.82, 2.24) is 20.5 Å². The van der Waals surface area contributed by atoms with E-state index in [1.54, 1.807) is 0 Å². The summed E-state index contributed by atoms with van der Waals surface area (Å²) in [6.07, 6.45) is 9.58. The molecule has 1 aromatic rings. The van der Waals surface area contributed by atoms with Crippen LogP contribution in [-0.4, -0.2) is 61.2 Å². The number of aliphatic imine (C=N–C) groups is 1. The third-order valence-electron chi connectivity index (χ3n) is 5.89. The lowest BCUT2D eigenvalue weighted by Crippen LogP contribution is -2.42. The van der Waals surface area contributed by atoms with Gasteiger partial charge in [-0.05, 0) is 70.8 Å². The van der Waals surface area contributed by atoms with Crippen molar-refractivity contribution in [2.24, 2.45) is 4.99 Å². The first-order valence-electron chi connectivity index (χ1n) is 12.1. The van der Waals surface area contributed by atoms with Gasteiger partial charge >= 0.3 is 0 Å². The summed E-state index contributed by atoms with van der Waals surface area (Å²) in [5.41, 5.74) is 1.15. The molecule has 170 valence electrons. The van der Waals surface area contributed by atoms with E-state index < -0.39 is 0 Å². The van der Waals surface area contributed by atoms with E-state index in [4.69, 9.17) is 9.98 Å². The summed E-state index contributed by atoms with van der Waals surface area (Å²) in [5.74, 6) is 2.00. The maximum absolute atomic E-state index is 4.79. The maximum atomic E-state index is 4.79. The first-order chi connectivity index (χ1) is 14.7. The van der Waals surface area contributed by atoms with E-state index in [2.05, 4.69) is 60.3 Å². The van der Waals surface area contributed by atoms with Gasteiger partial charge in [-0.2, -0.15) is 0 Å². The Morgan fingerprint density at radius 1 is 1.13 bits per heavy atom. The van der Waals surface area contributed by atoms with Crippen LogP contribution in [0.2, 0.25) is 0 Å². The number of hydrogen-bond donors (Lipinski definition) is 2. The first-order valence-corrected chi connectivity index (χ1v) is 12.1. The molecule has 0 aliphatic carbocycles. The zero-order chi connectivity index (χ0) is 21.6. The topological polar surface area (TPSA) is 55.8 Å². The normalized spacial score (nSPS) is 16.4. The Labute approximate surface area is 184 Å². The number of nitrogens with zero attached hydrogens (tertiary/aromatic N) is 4. The van der Waals surface area contributed by atoms with Crippen LogP contribution in [0.4, 0.5) is 5.82 Å². The van der Waals surface area contributed by atoms with Crippen LogP contribution in [0.25, 0.3) is 0 Å². The van der Waals surface area contributed by atoms with Crippen LogP contribution >= 0.6 is 0 Å². The van der Waals surface area contributed by atoms with Crippen LogP contribution in [0.15, 0.2) is 23.3 Å². The van der Waals surface area contributed by atoms with Crippen LogP contribution in [0, 0.1) is 0 Å². The van der Waals surface area contributed by atoms with Crippen LogP contribution in [0.5, 0.6) is 0 Å². The quantitative estimate of drug-likeness (QED) is 0.421. The largest absolute Gasteiger partial charge is 0.357 e. The lowest BCUT2D eigenvalue weighted by atomic mass is 10.2. The molecule has 1 unspecified atom stereocenters. The average Bonchev–Trinajstić information content (AvgIpc) is 3.05. The van der Waals surface area contributed by atoms with E-state index in [1.807, 2.05) is 6.20 Å². The summed E-state index contributed by atoms with van der Waals surface area (Å²) in [7, 11) is 0. The second-order valence-corrected chi connectivity index (χ2v) is 8.34. The second kappa shape index (κ2) is 14.2. The molecule has 1 atom stereocenters. The van der Waals surface area contributed by atoms with Crippen LogP contribution in [0.3, 0.4) is 0 Å². The molecule has 0 saturated carbocycles. The second-order valence-electron chi connectivity index (χ2n) is 8.34. The predicted octanol–water partition coefficient (Wildman–Crippen LogP) is 4.03. The van der Waals surface area contributed by atoms with Crippen molar-refractivity contribution < 1.29 is 0 Å². The number of aromatic nitrogens is 1. The Morgan fingerprint density at radius 3 is 2.47 bits per heavy atom. The fourth-order valence-electron chi connectivity index (χ4n) is 3.95. The smallest absolute Gasteiger partial charge is 0.191 e. The molecule has 0 radical (unpaired) electrons. The number of anilines is 1. The molecule has 1 aromatic heterocycles. The standard InChI is InChI=1S/C24H44N6/c1-5-25-24(28-21(4)13-12-16-29(6-2)7-3)27-20-22-14-15-23(26-19-22)30-17-10-8-9-11-18-30/h14-15,19,21H,5-13,16-18,20H2,1-4H3,(H2,25,27,28). The average molecular weight is 417 g/mol. The van der Waals surface area contributed by atoms with Crippen molar-refractivity contribution in [3.63, 3.8) is 0 Å². The summed E-state index contributed by atoms with van der Waals surface area (Å²) >= 11 is 0. The first kappa shape index (κ1) is 24.4. The fourth-order valence-corrected chi connectivity index (χ4v) is 3.95. The summed E-state index contributed by atoms with van der Waals surface area (Å²) < 4.78 is 0. The highest BCUT2D eigenvalue weighted by atomic mass is 15.2. The molecule has 2 rings (SSSR count). The molecular weight excluding hydrogens is 372 g/mol. The number of nitrogens with one attached hydrogen (secondary N) is 2. The van der Waals surface area contributed by atoms with Crippen molar-refractivity contribution in [2.45, 2.75) is 78.8 Å². The number of hydrogen-bond acceptors (Lipinski definition) is 4. The van der Waals surface area contributed by atoms with Crippen molar-refractivity contribution in [2.75, 3.05) is 44.2 Å². The van der Waals surface area contributed by atoms with Crippen LogP contribution in [0.1, 0.15) is 71.8 Å². The Balaban J connectivity index is 1.84. The molecule has 1 saturated heterocycles. The van der Waals surface area contributed by atoms with E-state index in [9.17, 15) is 0 Å². The minimum Gasteiger partial charge on any atom is -0.357 e. The van der Waals surface area contributed by atoms with Gasteiger partial charge in [-0.15, -0.1) is 0 Å². The summed E-state index contributed by atoms with van der Waals surface area (Å²) in [4.78, 5) is 14.4. The minimum atomic E-state index is 0.405. The molecule has 1 fully saturated rings. The van der Waals surface area contributed by atoms with E-state index in [0.29, 0.717) is 12.6 Å². The van der Waals surface area contributed by atoms with Gasteiger partial charge in [0, 0.05) is 31.9 Å². The van der Waals surface area contributed by atoms with Crippen LogP contribution < -0.4 is 15.5 Å². The van der Waals surface area contributed by atoms with E-state index in [1.165, 1.54) is 38.6 Å². The van der Waals surface area contributed by atoms with Crippen molar-refractivity contribution in [3.05, 3.63) is 23.9 Å². The number of rotatable bonds is 11. The number of pyridine rings is 1. The molecule has 30 heavy (non-hydrogen) atoms. The van der Waals surface area contributed by atoms with Gasteiger partial charge in [-0.25, -0.2) is 9.98 Å². The summed E-state index contributed by atoms with van der Waals surface area (Å²) in [6, 6.07) is 4.74. The zero-order valence-corrected chi connectivity index (χ0v) is 19.8. The Morgan fingerprint density at radius 2 is 1.87 bits per heavy atom. The molecule has 6 heteroatoms. The van der Waals surface area contributed by atoms with Gasteiger partial charge in [0.15, 0.2) is 5.96 Å². The lowest BCUT2D eigenvalue weighted by Gasteiger charge is -2.21. The van der Waals surface area contributed by atoms with Crippen molar-refractivity contribution in [1.29, 1.82) is 0 Å². The van der Waals surface area contributed by atoms with E-state index >= 15 is 0 Å². The highest BCUT2D eigenvalue weighted by molar-refractivity contribution is 5.80. The van der Waals surface area contributed by atoms with Gasteiger partial charge in [-0.1, -0.05) is 32.8 Å². The Bertz CT molecular complexity index is 588. The van der Waals surface area contributed by atoms with Gasteiger partial charge in [0.25, 0.3) is 0 Å². The van der Waals surface area contributed by atoms with Gasteiger partial charge in [-0.3, -0.25) is 0 Å². The SMILES string of the molecule is CCNC(=NCc1ccc(N2CCCCCC2)nc1)NC(C)CCCN(CC)CC. The third-order valence-corrected chi connectivity index (χ3v) is 5.89. The maximum Gasteiger partial charge on any atom is 0.191 e. The van der Waals surface area contributed by atoms with Gasteiger partial charge in [0.2, 0.25) is 0 Å². The lowest BCUT2D eigenvalue weighted by molar-refractivity contribution is 0.292. The molecule has 0 spiro atoms. The number of guanidine groups is 1. The van der Waals surface area contributed by atoms with Crippen molar-refractivity contribution in [3.8, 4) is 0 Å². The molecule has 0 bridgehead atoms. The molecule has 0 amide bonds. The highest BCUT2D eigenvalue weighted by Gasteiger charge is 2.11. The third kappa shape index (κ3) is 8.90. The van der Waals surface area contributed by atoms with E-state index in [-0.39, 0.29) is 0 Å².